The number of fused-ring (bicyclic) bond motifs is 1. The highest BCUT2D eigenvalue weighted by molar-refractivity contribution is 7.98. The molecule has 2 heterocycles. The normalized spacial score (nSPS) is 12.2. The van der Waals surface area contributed by atoms with Crippen LogP contribution in [-0.2, 0) is 5.75 Å². The highest BCUT2D eigenvalue weighted by Gasteiger charge is 2.24. The molecule has 0 radical (unpaired) electrons. The Morgan fingerprint density at radius 2 is 2.00 bits per heavy atom. The first kappa shape index (κ1) is 19.3. The van der Waals surface area contributed by atoms with E-state index in [1.165, 1.54) is 6.33 Å². The maximum atomic E-state index is 13.1. The zero-order valence-corrected chi connectivity index (χ0v) is 17.1. The zero-order valence-electron chi connectivity index (χ0n) is 16.3. The molecule has 1 atom stereocenters. The Morgan fingerprint density at radius 1 is 1.21 bits per heavy atom. The van der Waals surface area contributed by atoms with E-state index in [1.54, 1.807) is 11.8 Å². The van der Waals surface area contributed by atoms with Crippen molar-refractivity contribution in [3.05, 3.63) is 77.8 Å². The molecule has 0 aliphatic carbocycles. The summed E-state index contributed by atoms with van der Waals surface area (Å²) in [5, 5.41) is 8.50. The molecule has 1 unspecified atom stereocenters. The van der Waals surface area contributed by atoms with E-state index in [4.69, 9.17) is 4.42 Å². The summed E-state index contributed by atoms with van der Waals surface area (Å²) in [6, 6.07) is 17.5. The molecule has 4 aromatic rings. The van der Waals surface area contributed by atoms with Crippen LogP contribution < -0.4 is 0 Å². The molecule has 4 rings (SSSR count). The topological polar surface area (TPSA) is 75.0 Å². The summed E-state index contributed by atoms with van der Waals surface area (Å²) < 4.78 is 5.97. The quantitative estimate of drug-likeness (QED) is 0.434. The molecule has 0 bridgehead atoms. The number of aromatic amines is 1. The number of H-pyrrole nitrogens is 1. The molecule has 0 fully saturated rings. The fraction of sp³-hybridized carbons (Fsp3) is 0.227. The first-order chi connectivity index (χ1) is 14.2. The monoisotopic (exact) mass is 406 g/mol. The van der Waals surface area contributed by atoms with Crippen molar-refractivity contribution in [3.63, 3.8) is 0 Å². The van der Waals surface area contributed by atoms with Gasteiger partial charge in [0.25, 0.3) is 5.91 Å². The van der Waals surface area contributed by atoms with Gasteiger partial charge in [0.2, 0.25) is 0 Å². The van der Waals surface area contributed by atoms with Crippen LogP contribution in [0.3, 0.4) is 0 Å². The molecule has 1 amide bonds. The number of nitrogens with zero attached hydrogens (tertiary/aromatic N) is 3. The van der Waals surface area contributed by atoms with Gasteiger partial charge in [0.1, 0.15) is 17.7 Å². The number of thioether (sulfide) groups is 1. The third-order valence-corrected chi connectivity index (χ3v) is 5.84. The number of para-hydroxylation sites is 1. The van der Waals surface area contributed by atoms with Gasteiger partial charge in [-0.05, 0) is 43.7 Å². The van der Waals surface area contributed by atoms with E-state index < -0.39 is 0 Å². The van der Waals surface area contributed by atoms with Crippen molar-refractivity contribution in [3.8, 4) is 0 Å². The van der Waals surface area contributed by atoms with Crippen LogP contribution in [-0.4, -0.2) is 32.5 Å². The zero-order chi connectivity index (χ0) is 20.2. The van der Waals surface area contributed by atoms with E-state index in [1.807, 2.05) is 73.3 Å². The van der Waals surface area contributed by atoms with Crippen LogP contribution in [0, 0.1) is 0 Å². The number of rotatable bonds is 7. The van der Waals surface area contributed by atoms with Crippen molar-refractivity contribution in [2.75, 3.05) is 6.54 Å². The second-order valence-corrected chi connectivity index (χ2v) is 7.69. The van der Waals surface area contributed by atoms with Gasteiger partial charge in [-0.2, -0.15) is 5.10 Å². The van der Waals surface area contributed by atoms with Crippen molar-refractivity contribution < 1.29 is 9.21 Å². The minimum atomic E-state index is -0.151. The molecular weight excluding hydrogens is 384 g/mol. The lowest BCUT2D eigenvalue weighted by molar-refractivity contribution is 0.0684. The summed E-state index contributed by atoms with van der Waals surface area (Å²) in [6.07, 6.45) is 1.49. The van der Waals surface area contributed by atoms with Gasteiger partial charge >= 0.3 is 0 Å². The molecule has 1 N–H and O–H groups in total. The molecule has 2 aromatic carbocycles. The summed E-state index contributed by atoms with van der Waals surface area (Å²) in [5.41, 5.74) is 2.63. The van der Waals surface area contributed by atoms with Crippen molar-refractivity contribution in [2.24, 2.45) is 0 Å². The van der Waals surface area contributed by atoms with Crippen LogP contribution in [0.2, 0.25) is 0 Å². The van der Waals surface area contributed by atoms with Crippen molar-refractivity contribution >= 4 is 28.6 Å². The second kappa shape index (κ2) is 8.53. The highest BCUT2D eigenvalue weighted by atomic mass is 32.2. The van der Waals surface area contributed by atoms with Gasteiger partial charge in [-0.1, -0.05) is 42.1 Å². The fourth-order valence-electron chi connectivity index (χ4n) is 3.28. The van der Waals surface area contributed by atoms with Crippen molar-refractivity contribution in [1.29, 1.82) is 0 Å². The van der Waals surface area contributed by atoms with E-state index in [-0.39, 0.29) is 11.9 Å². The van der Waals surface area contributed by atoms with Gasteiger partial charge in [0.05, 0.1) is 6.04 Å². The Morgan fingerprint density at radius 3 is 2.69 bits per heavy atom. The summed E-state index contributed by atoms with van der Waals surface area (Å²) in [4.78, 5) is 19.0. The van der Waals surface area contributed by atoms with Gasteiger partial charge in [0.15, 0.2) is 5.16 Å². The maximum absolute atomic E-state index is 13.1. The van der Waals surface area contributed by atoms with Crippen LogP contribution in [0.25, 0.3) is 11.0 Å². The number of benzene rings is 2. The molecule has 0 aliphatic rings. The lowest BCUT2D eigenvalue weighted by Crippen LogP contribution is -2.33. The lowest BCUT2D eigenvalue weighted by atomic mass is 10.1. The molecule has 6 nitrogen and oxygen atoms in total. The van der Waals surface area contributed by atoms with E-state index in [2.05, 4.69) is 15.2 Å². The second-order valence-electron chi connectivity index (χ2n) is 6.73. The van der Waals surface area contributed by atoms with Gasteiger partial charge < -0.3 is 9.32 Å². The SMILES string of the molecule is CCN(C(=O)c1ccc(CSc2ncn[nH]2)cc1)C(C)c1cc2ccccc2o1. The summed E-state index contributed by atoms with van der Waals surface area (Å²) in [7, 11) is 0. The number of furan rings is 1. The van der Waals surface area contributed by atoms with E-state index in [0.717, 1.165) is 33.2 Å². The molecule has 7 heteroatoms. The molecule has 0 saturated carbocycles. The Labute approximate surface area is 173 Å². The third kappa shape index (κ3) is 4.19. The molecule has 0 spiro atoms. The van der Waals surface area contributed by atoms with Gasteiger partial charge in [0, 0.05) is 23.2 Å². The molecular formula is C22H22N4O2S. The number of carbonyl (C=O) groups excluding carboxylic acids is 1. The molecule has 148 valence electrons. The van der Waals surface area contributed by atoms with Crippen LogP contribution in [0.15, 0.2) is 70.5 Å². The number of carbonyl (C=O) groups is 1. The Kier molecular flexibility index (Phi) is 5.67. The molecule has 2 aromatic heterocycles. The Hall–Kier alpha value is -3.06. The number of aromatic nitrogens is 3. The third-order valence-electron chi connectivity index (χ3n) is 4.89. The number of nitrogens with one attached hydrogen (secondary N) is 1. The fourth-order valence-corrected chi connectivity index (χ4v) is 4.01. The number of hydrogen-bond donors (Lipinski definition) is 1. The van der Waals surface area contributed by atoms with E-state index >= 15 is 0 Å². The van der Waals surface area contributed by atoms with Gasteiger partial charge in [-0.15, -0.1) is 0 Å². The van der Waals surface area contributed by atoms with Crippen LogP contribution in [0.1, 0.15) is 41.6 Å². The minimum absolute atomic E-state index is 0.00473. The predicted molar refractivity (Wildman–Crippen MR) is 114 cm³/mol. The first-order valence-electron chi connectivity index (χ1n) is 9.52. The largest absolute Gasteiger partial charge is 0.459 e. The molecule has 0 saturated heterocycles. The molecule has 0 aliphatic heterocycles. The van der Waals surface area contributed by atoms with Crippen LogP contribution in [0.4, 0.5) is 0 Å². The smallest absolute Gasteiger partial charge is 0.254 e. The highest BCUT2D eigenvalue weighted by Crippen LogP contribution is 2.28. The van der Waals surface area contributed by atoms with Crippen LogP contribution in [0.5, 0.6) is 0 Å². The van der Waals surface area contributed by atoms with Crippen molar-refractivity contribution in [1.82, 2.24) is 20.1 Å². The standard InChI is InChI=1S/C22H22N4O2S/c1-3-26(15(2)20-12-18-6-4-5-7-19(18)28-20)21(27)17-10-8-16(9-11-17)13-29-22-23-14-24-25-22/h4-12,14-15H,3,13H2,1-2H3,(H,23,24,25). The van der Waals surface area contributed by atoms with Crippen LogP contribution >= 0.6 is 11.8 Å². The summed E-state index contributed by atoms with van der Waals surface area (Å²) in [5.74, 6) is 1.55. The predicted octanol–water partition coefficient (Wildman–Crippen LogP) is 5.07. The average molecular weight is 407 g/mol. The minimum Gasteiger partial charge on any atom is -0.459 e. The van der Waals surface area contributed by atoms with E-state index in [9.17, 15) is 4.79 Å². The Balaban J connectivity index is 1.47. The Bertz CT molecular complexity index is 1060. The van der Waals surface area contributed by atoms with Gasteiger partial charge in [-0.25, -0.2) is 4.98 Å². The van der Waals surface area contributed by atoms with Crippen molar-refractivity contribution in [2.45, 2.75) is 30.8 Å². The summed E-state index contributed by atoms with van der Waals surface area (Å²) in [6.45, 7) is 4.58. The van der Waals surface area contributed by atoms with E-state index in [0.29, 0.717) is 12.1 Å². The first-order valence-corrected chi connectivity index (χ1v) is 10.5. The van der Waals surface area contributed by atoms with Gasteiger partial charge in [-0.3, -0.25) is 9.89 Å². The summed E-state index contributed by atoms with van der Waals surface area (Å²) >= 11 is 1.57. The maximum Gasteiger partial charge on any atom is 0.254 e. The average Bonchev–Trinajstić information content (AvgIpc) is 3.42. The lowest BCUT2D eigenvalue weighted by Gasteiger charge is -2.26. The number of amides is 1. The molecule has 29 heavy (non-hydrogen) atoms. The number of hydrogen-bond acceptors (Lipinski definition) is 5.